The third-order valence-electron chi connectivity index (χ3n) is 5.75. The van der Waals surface area contributed by atoms with Crippen LogP contribution in [0.4, 0.5) is 0 Å². The molecule has 156 valence electrons. The maximum absolute atomic E-state index is 5.56. The van der Waals surface area contributed by atoms with E-state index in [1.54, 1.807) is 7.11 Å². The van der Waals surface area contributed by atoms with Crippen LogP contribution >= 0.6 is 11.8 Å². The Morgan fingerprint density at radius 3 is 2.82 bits per heavy atom. The molecule has 6 nitrogen and oxygen atoms in total. The van der Waals surface area contributed by atoms with Gasteiger partial charge in [-0.25, -0.2) is 0 Å². The van der Waals surface area contributed by atoms with Crippen molar-refractivity contribution in [2.75, 3.05) is 65.1 Å². The zero-order valence-electron chi connectivity index (χ0n) is 17.4. The number of hydrogen-bond donors (Lipinski definition) is 2. The van der Waals surface area contributed by atoms with Gasteiger partial charge in [0.05, 0.1) is 20.3 Å². The number of ether oxygens (including phenoxy) is 2. The van der Waals surface area contributed by atoms with Crippen LogP contribution in [-0.2, 0) is 11.2 Å². The molecule has 2 heterocycles. The van der Waals surface area contributed by atoms with Crippen LogP contribution in [0.25, 0.3) is 0 Å². The topological polar surface area (TPSA) is 58.1 Å². The van der Waals surface area contributed by atoms with E-state index in [0.29, 0.717) is 0 Å². The molecule has 3 rings (SSSR count). The molecular formula is C21H34N4O2S. The Kier molecular flexibility index (Phi) is 7.88. The first kappa shape index (κ1) is 21.3. The summed E-state index contributed by atoms with van der Waals surface area (Å²) in [6, 6.07) is 6.40. The summed E-state index contributed by atoms with van der Waals surface area (Å²) >= 11 is 2.06. The molecule has 0 aliphatic carbocycles. The SMILES string of the molecule is CN=C(NCCc1ccc(C)c(OC)c1)NCC1(N2CCOCC2)CCSC1. The summed E-state index contributed by atoms with van der Waals surface area (Å²) in [6.45, 7) is 7.59. The molecule has 0 amide bonds. The molecule has 0 saturated carbocycles. The number of rotatable bonds is 7. The van der Waals surface area contributed by atoms with Gasteiger partial charge < -0.3 is 20.1 Å². The Morgan fingerprint density at radius 2 is 2.14 bits per heavy atom. The number of aliphatic imine (C=N–C) groups is 1. The van der Waals surface area contributed by atoms with E-state index in [0.717, 1.165) is 57.5 Å². The van der Waals surface area contributed by atoms with E-state index >= 15 is 0 Å². The highest BCUT2D eigenvalue weighted by Gasteiger charge is 2.40. The summed E-state index contributed by atoms with van der Waals surface area (Å²) in [6.07, 6.45) is 2.16. The third kappa shape index (κ3) is 5.33. The lowest BCUT2D eigenvalue weighted by Gasteiger charge is -2.43. The second-order valence-corrected chi connectivity index (χ2v) is 8.64. The van der Waals surface area contributed by atoms with E-state index in [9.17, 15) is 0 Å². The molecule has 2 fully saturated rings. The molecule has 7 heteroatoms. The number of morpholine rings is 1. The Morgan fingerprint density at radius 1 is 1.32 bits per heavy atom. The average molecular weight is 407 g/mol. The number of benzene rings is 1. The van der Waals surface area contributed by atoms with Gasteiger partial charge in [-0.1, -0.05) is 12.1 Å². The number of methoxy groups -OCH3 is 1. The minimum absolute atomic E-state index is 0.219. The number of hydrogen-bond acceptors (Lipinski definition) is 5. The second kappa shape index (κ2) is 10.4. The predicted octanol–water partition coefficient (Wildman–Crippen LogP) is 1.92. The van der Waals surface area contributed by atoms with Gasteiger partial charge >= 0.3 is 0 Å². The van der Waals surface area contributed by atoms with Crippen molar-refractivity contribution in [1.82, 2.24) is 15.5 Å². The van der Waals surface area contributed by atoms with Crippen molar-refractivity contribution in [2.24, 2.45) is 4.99 Å². The van der Waals surface area contributed by atoms with Gasteiger partial charge in [-0.3, -0.25) is 9.89 Å². The van der Waals surface area contributed by atoms with E-state index < -0.39 is 0 Å². The minimum atomic E-state index is 0.219. The Hall–Kier alpha value is -1.44. The lowest BCUT2D eigenvalue weighted by Crippen LogP contribution is -2.60. The first-order valence-electron chi connectivity index (χ1n) is 10.2. The maximum atomic E-state index is 5.56. The zero-order valence-corrected chi connectivity index (χ0v) is 18.2. The van der Waals surface area contributed by atoms with E-state index in [4.69, 9.17) is 9.47 Å². The van der Waals surface area contributed by atoms with Crippen LogP contribution in [-0.4, -0.2) is 81.5 Å². The average Bonchev–Trinajstić information content (AvgIpc) is 3.22. The fraction of sp³-hybridized carbons (Fsp3) is 0.667. The fourth-order valence-electron chi connectivity index (χ4n) is 3.95. The molecule has 28 heavy (non-hydrogen) atoms. The van der Waals surface area contributed by atoms with Crippen molar-refractivity contribution < 1.29 is 9.47 Å². The lowest BCUT2D eigenvalue weighted by molar-refractivity contribution is -0.0120. The predicted molar refractivity (Wildman–Crippen MR) is 118 cm³/mol. The van der Waals surface area contributed by atoms with Crippen molar-refractivity contribution in [3.63, 3.8) is 0 Å². The molecule has 1 aromatic rings. The summed E-state index contributed by atoms with van der Waals surface area (Å²) in [5.41, 5.74) is 2.65. The van der Waals surface area contributed by atoms with Gasteiger partial charge in [0.1, 0.15) is 5.75 Å². The van der Waals surface area contributed by atoms with Crippen molar-refractivity contribution in [1.29, 1.82) is 0 Å². The number of thioether (sulfide) groups is 1. The highest BCUT2D eigenvalue weighted by atomic mass is 32.2. The summed E-state index contributed by atoms with van der Waals surface area (Å²) < 4.78 is 11.0. The zero-order chi connectivity index (χ0) is 19.8. The monoisotopic (exact) mass is 406 g/mol. The summed E-state index contributed by atoms with van der Waals surface area (Å²) in [5, 5.41) is 7.05. The standard InChI is InChI=1S/C21H34N4O2S/c1-17-4-5-18(14-19(17)26-3)6-8-23-20(22-2)24-15-21(7-13-28-16-21)25-9-11-27-12-10-25/h4-5,14H,6-13,15-16H2,1-3H3,(H2,22,23,24). The van der Waals surface area contributed by atoms with Gasteiger partial charge in [-0.05, 0) is 42.7 Å². The molecule has 1 aromatic carbocycles. The molecule has 0 aromatic heterocycles. The van der Waals surface area contributed by atoms with Crippen LogP contribution in [0, 0.1) is 6.92 Å². The molecule has 1 atom stereocenters. The summed E-state index contributed by atoms with van der Waals surface area (Å²) in [5.74, 6) is 4.25. The largest absolute Gasteiger partial charge is 0.496 e. The quantitative estimate of drug-likeness (QED) is 0.533. The molecule has 2 saturated heterocycles. The number of guanidine groups is 1. The van der Waals surface area contributed by atoms with Gasteiger partial charge in [0.2, 0.25) is 0 Å². The molecule has 0 bridgehead atoms. The third-order valence-corrected chi connectivity index (χ3v) is 6.99. The Bertz CT molecular complexity index is 656. The highest BCUT2D eigenvalue weighted by molar-refractivity contribution is 7.99. The van der Waals surface area contributed by atoms with Crippen molar-refractivity contribution in [2.45, 2.75) is 25.3 Å². The molecule has 2 aliphatic heterocycles. The van der Waals surface area contributed by atoms with Crippen LogP contribution in [0.15, 0.2) is 23.2 Å². The molecule has 0 radical (unpaired) electrons. The second-order valence-electron chi connectivity index (χ2n) is 7.53. The fourth-order valence-corrected chi connectivity index (χ4v) is 5.43. The summed E-state index contributed by atoms with van der Waals surface area (Å²) in [4.78, 5) is 7.04. The Balaban J connectivity index is 1.50. The number of aryl methyl sites for hydroxylation is 1. The smallest absolute Gasteiger partial charge is 0.191 e. The maximum Gasteiger partial charge on any atom is 0.191 e. The van der Waals surface area contributed by atoms with Gasteiger partial charge in [-0.15, -0.1) is 0 Å². The van der Waals surface area contributed by atoms with Gasteiger partial charge in [0, 0.05) is 44.5 Å². The number of nitrogens with one attached hydrogen (secondary N) is 2. The van der Waals surface area contributed by atoms with Crippen molar-refractivity contribution >= 4 is 17.7 Å². The van der Waals surface area contributed by atoms with Crippen molar-refractivity contribution in [3.8, 4) is 5.75 Å². The molecule has 0 spiro atoms. The molecular weight excluding hydrogens is 372 g/mol. The van der Waals surface area contributed by atoms with Gasteiger partial charge in [0.25, 0.3) is 0 Å². The Labute approximate surface area is 173 Å². The molecule has 2 N–H and O–H groups in total. The van der Waals surface area contributed by atoms with Crippen LogP contribution in [0.5, 0.6) is 5.75 Å². The lowest BCUT2D eigenvalue weighted by atomic mass is 9.95. The van der Waals surface area contributed by atoms with E-state index in [2.05, 4.69) is 57.4 Å². The van der Waals surface area contributed by atoms with E-state index in [1.807, 2.05) is 7.05 Å². The first-order valence-corrected chi connectivity index (χ1v) is 11.3. The highest BCUT2D eigenvalue weighted by Crippen LogP contribution is 2.33. The molecule has 1 unspecified atom stereocenters. The summed E-state index contributed by atoms with van der Waals surface area (Å²) in [7, 11) is 3.57. The number of nitrogens with zero attached hydrogens (tertiary/aromatic N) is 2. The van der Waals surface area contributed by atoms with Crippen molar-refractivity contribution in [3.05, 3.63) is 29.3 Å². The van der Waals surface area contributed by atoms with E-state index in [-0.39, 0.29) is 5.54 Å². The normalized spacial score (nSPS) is 23.6. The minimum Gasteiger partial charge on any atom is -0.496 e. The van der Waals surface area contributed by atoms with E-state index in [1.165, 1.54) is 29.1 Å². The van der Waals surface area contributed by atoms with Crippen LogP contribution in [0.2, 0.25) is 0 Å². The van der Waals surface area contributed by atoms with Crippen LogP contribution < -0.4 is 15.4 Å². The first-order chi connectivity index (χ1) is 13.7. The van der Waals surface area contributed by atoms with Crippen LogP contribution in [0.3, 0.4) is 0 Å². The van der Waals surface area contributed by atoms with Gasteiger partial charge in [0.15, 0.2) is 5.96 Å². The van der Waals surface area contributed by atoms with Gasteiger partial charge in [-0.2, -0.15) is 11.8 Å². The van der Waals surface area contributed by atoms with Crippen LogP contribution in [0.1, 0.15) is 17.5 Å². The molecule has 2 aliphatic rings.